The van der Waals surface area contributed by atoms with Gasteiger partial charge in [0.25, 0.3) is 0 Å². The first-order valence-electron chi connectivity index (χ1n) is 4.23. The van der Waals surface area contributed by atoms with Gasteiger partial charge < -0.3 is 5.32 Å². The summed E-state index contributed by atoms with van der Waals surface area (Å²) < 4.78 is 1.69. The molecule has 0 aliphatic heterocycles. The van der Waals surface area contributed by atoms with Crippen LogP contribution in [0.5, 0.6) is 0 Å². The van der Waals surface area contributed by atoms with E-state index in [1.54, 1.807) is 16.0 Å². The Morgan fingerprint density at radius 1 is 1.50 bits per heavy atom. The zero-order chi connectivity index (χ0) is 9.97. The highest BCUT2D eigenvalue weighted by atomic mass is 32.1. The van der Waals surface area contributed by atoms with E-state index < -0.39 is 0 Å². The van der Waals surface area contributed by atoms with E-state index in [0.717, 1.165) is 11.4 Å². The van der Waals surface area contributed by atoms with E-state index >= 15 is 0 Å². The Morgan fingerprint density at radius 2 is 2.36 bits per heavy atom. The minimum atomic E-state index is 0.0370. The summed E-state index contributed by atoms with van der Waals surface area (Å²) in [6.07, 6.45) is 1.89. The third-order valence-electron chi connectivity index (χ3n) is 1.95. The molecule has 0 spiro atoms. The fraction of sp³-hybridized carbons (Fsp3) is 0.375. The van der Waals surface area contributed by atoms with Crippen LogP contribution in [0.2, 0.25) is 0 Å². The molecule has 5 nitrogen and oxygen atoms in total. The molecular weight excluding hydrogens is 198 g/mol. The standard InChI is InChI=1S/C8H11N5S/c1-9-8(7-4-14-5-10-7)6-3-13(2)12-11-6/h3-5,8-9H,1-2H3. The van der Waals surface area contributed by atoms with Crippen molar-refractivity contribution < 1.29 is 0 Å². The van der Waals surface area contributed by atoms with Crippen LogP contribution in [0.25, 0.3) is 0 Å². The molecule has 14 heavy (non-hydrogen) atoms. The summed E-state index contributed by atoms with van der Waals surface area (Å²) in [6, 6.07) is 0.0370. The van der Waals surface area contributed by atoms with Gasteiger partial charge in [0.2, 0.25) is 0 Å². The number of hydrogen-bond acceptors (Lipinski definition) is 5. The van der Waals surface area contributed by atoms with E-state index in [2.05, 4.69) is 20.6 Å². The van der Waals surface area contributed by atoms with E-state index in [9.17, 15) is 0 Å². The minimum absolute atomic E-state index is 0.0370. The number of rotatable bonds is 3. The highest BCUT2D eigenvalue weighted by molar-refractivity contribution is 7.07. The van der Waals surface area contributed by atoms with Gasteiger partial charge in [-0.25, -0.2) is 4.98 Å². The largest absolute Gasteiger partial charge is 0.307 e. The summed E-state index contributed by atoms with van der Waals surface area (Å²) in [5.41, 5.74) is 3.69. The molecule has 1 N–H and O–H groups in total. The van der Waals surface area contributed by atoms with Gasteiger partial charge >= 0.3 is 0 Å². The van der Waals surface area contributed by atoms with E-state index in [4.69, 9.17) is 0 Å². The molecule has 2 heterocycles. The third-order valence-corrected chi connectivity index (χ3v) is 2.56. The SMILES string of the molecule is CNC(c1cscn1)c1cn(C)nn1. The normalized spacial score (nSPS) is 13.0. The van der Waals surface area contributed by atoms with Crippen LogP contribution in [0.4, 0.5) is 0 Å². The van der Waals surface area contributed by atoms with Crippen molar-refractivity contribution in [1.29, 1.82) is 0 Å². The summed E-state index contributed by atoms with van der Waals surface area (Å²) in [4.78, 5) is 4.25. The second kappa shape index (κ2) is 3.85. The van der Waals surface area contributed by atoms with Gasteiger partial charge in [-0.2, -0.15) is 0 Å². The lowest BCUT2D eigenvalue weighted by molar-refractivity contribution is 0.650. The van der Waals surface area contributed by atoms with Crippen molar-refractivity contribution in [2.75, 3.05) is 7.05 Å². The quantitative estimate of drug-likeness (QED) is 0.803. The number of aromatic nitrogens is 4. The second-order valence-electron chi connectivity index (χ2n) is 2.95. The molecule has 1 unspecified atom stereocenters. The van der Waals surface area contributed by atoms with E-state index in [1.165, 1.54) is 0 Å². The maximum Gasteiger partial charge on any atom is 0.106 e. The molecule has 6 heteroatoms. The van der Waals surface area contributed by atoms with Gasteiger partial charge in [-0.1, -0.05) is 5.21 Å². The lowest BCUT2D eigenvalue weighted by Crippen LogP contribution is -2.18. The van der Waals surface area contributed by atoms with Crippen LogP contribution in [0.3, 0.4) is 0 Å². The van der Waals surface area contributed by atoms with Crippen LogP contribution >= 0.6 is 11.3 Å². The van der Waals surface area contributed by atoms with Crippen LogP contribution in [-0.2, 0) is 7.05 Å². The fourth-order valence-corrected chi connectivity index (χ4v) is 1.89. The van der Waals surface area contributed by atoms with Crippen LogP contribution in [0, 0.1) is 0 Å². The number of thiazole rings is 1. The summed E-state index contributed by atoms with van der Waals surface area (Å²) in [6.45, 7) is 0. The van der Waals surface area contributed by atoms with E-state index in [-0.39, 0.29) is 6.04 Å². The molecule has 0 aliphatic carbocycles. The highest BCUT2D eigenvalue weighted by Gasteiger charge is 2.16. The Bertz CT molecular complexity index is 394. The van der Waals surface area contributed by atoms with Crippen LogP contribution in [0.1, 0.15) is 17.4 Å². The number of nitrogens with zero attached hydrogens (tertiary/aromatic N) is 4. The Kier molecular flexibility index (Phi) is 2.55. The molecule has 0 bridgehead atoms. The van der Waals surface area contributed by atoms with E-state index in [0.29, 0.717) is 0 Å². The molecule has 2 aromatic heterocycles. The van der Waals surface area contributed by atoms with Crippen molar-refractivity contribution in [2.45, 2.75) is 6.04 Å². The average molecular weight is 209 g/mol. The van der Waals surface area contributed by atoms with Gasteiger partial charge in [0.1, 0.15) is 5.69 Å². The first kappa shape index (κ1) is 9.29. The Balaban J connectivity index is 2.31. The molecule has 0 fully saturated rings. The molecular formula is C8H11N5S. The highest BCUT2D eigenvalue weighted by Crippen LogP contribution is 2.18. The molecule has 2 rings (SSSR count). The maximum absolute atomic E-state index is 4.25. The molecule has 0 radical (unpaired) electrons. The molecule has 1 atom stereocenters. The van der Waals surface area contributed by atoms with E-state index in [1.807, 2.05) is 31.2 Å². The van der Waals surface area contributed by atoms with Crippen molar-refractivity contribution in [3.63, 3.8) is 0 Å². The fourth-order valence-electron chi connectivity index (χ4n) is 1.31. The molecule has 0 saturated heterocycles. The first-order chi connectivity index (χ1) is 6.81. The van der Waals surface area contributed by atoms with Gasteiger partial charge in [0, 0.05) is 12.4 Å². The van der Waals surface area contributed by atoms with Crippen molar-refractivity contribution in [3.05, 3.63) is 28.5 Å². The summed E-state index contributed by atoms with van der Waals surface area (Å²) >= 11 is 1.58. The van der Waals surface area contributed by atoms with Gasteiger partial charge in [0.15, 0.2) is 0 Å². The zero-order valence-electron chi connectivity index (χ0n) is 8.01. The van der Waals surface area contributed by atoms with Crippen molar-refractivity contribution in [1.82, 2.24) is 25.3 Å². The predicted molar refractivity (Wildman–Crippen MR) is 54.0 cm³/mol. The molecule has 74 valence electrons. The van der Waals surface area contributed by atoms with Crippen molar-refractivity contribution >= 4 is 11.3 Å². The molecule has 0 amide bonds. The van der Waals surface area contributed by atoms with Gasteiger partial charge in [-0.3, -0.25) is 4.68 Å². The predicted octanol–water partition coefficient (Wildman–Crippen LogP) is 0.580. The summed E-state index contributed by atoms with van der Waals surface area (Å²) in [5.74, 6) is 0. The molecule has 2 aromatic rings. The topological polar surface area (TPSA) is 55.6 Å². The Morgan fingerprint density at radius 3 is 2.86 bits per heavy atom. The summed E-state index contributed by atoms with van der Waals surface area (Å²) in [5, 5.41) is 13.1. The Hall–Kier alpha value is -1.27. The summed E-state index contributed by atoms with van der Waals surface area (Å²) in [7, 11) is 3.74. The lowest BCUT2D eigenvalue weighted by Gasteiger charge is -2.09. The van der Waals surface area contributed by atoms with Gasteiger partial charge in [0.05, 0.1) is 23.4 Å². The van der Waals surface area contributed by atoms with Crippen LogP contribution in [0.15, 0.2) is 17.1 Å². The van der Waals surface area contributed by atoms with Crippen molar-refractivity contribution in [2.24, 2.45) is 7.05 Å². The third kappa shape index (κ3) is 1.66. The maximum atomic E-state index is 4.25. The number of nitrogens with one attached hydrogen (secondary N) is 1. The average Bonchev–Trinajstić information content (AvgIpc) is 2.79. The molecule has 0 aliphatic rings. The lowest BCUT2D eigenvalue weighted by atomic mass is 10.2. The van der Waals surface area contributed by atoms with Crippen LogP contribution < -0.4 is 5.32 Å². The van der Waals surface area contributed by atoms with Gasteiger partial charge in [-0.15, -0.1) is 16.4 Å². The Labute approximate surface area is 85.8 Å². The molecule has 0 saturated carbocycles. The van der Waals surface area contributed by atoms with Crippen LogP contribution in [-0.4, -0.2) is 27.0 Å². The number of aryl methyl sites for hydroxylation is 1. The van der Waals surface area contributed by atoms with Crippen molar-refractivity contribution in [3.8, 4) is 0 Å². The minimum Gasteiger partial charge on any atom is -0.307 e. The second-order valence-corrected chi connectivity index (χ2v) is 3.67. The van der Waals surface area contributed by atoms with Gasteiger partial charge in [-0.05, 0) is 7.05 Å². The number of hydrogen-bond donors (Lipinski definition) is 1. The molecule has 0 aromatic carbocycles. The smallest absolute Gasteiger partial charge is 0.106 e. The zero-order valence-corrected chi connectivity index (χ0v) is 8.82. The first-order valence-corrected chi connectivity index (χ1v) is 5.17. The monoisotopic (exact) mass is 209 g/mol.